The number of aromatic nitrogens is 2. The van der Waals surface area contributed by atoms with Crippen molar-refractivity contribution in [3.8, 4) is 17.6 Å². The Hall–Kier alpha value is -3.28. The number of esters is 1. The van der Waals surface area contributed by atoms with E-state index in [0.29, 0.717) is 34.5 Å². The molecule has 9 heteroatoms. The van der Waals surface area contributed by atoms with Crippen LogP contribution in [0.1, 0.15) is 49.6 Å². The van der Waals surface area contributed by atoms with Crippen LogP contribution in [0, 0.1) is 17.2 Å². The van der Waals surface area contributed by atoms with Crippen LogP contribution in [0.25, 0.3) is 0 Å². The fourth-order valence-electron chi connectivity index (χ4n) is 3.69. The SMILES string of the molecule is COC(=O)C(C)CCOc1c(Cl)cc(C(C)(C)c2ccc(OCc3ccnc(SC)n3)cc2)cc1C#N. The van der Waals surface area contributed by atoms with Crippen molar-refractivity contribution >= 4 is 29.3 Å². The third-order valence-electron chi connectivity index (χ3n) is 6.12. The summed E-state index contributed by atoms with van der Waals surface area (Å²) in [5, 5.41) is 10.8. The van der Waals surface area contributed by atoms with Crippen molar-refractivity contribution in [3.05, 3.63) is 76.1 Å². The van der Waals surface area contributed by atoms with Gasteiger partial charge in [0.1, 0.15) is 18.4 Å². The largest absolute Gasteiger partial charge is 0.491 e. The van der Waals surface area contributed by atoms with Crippen molar-refractivity contribution in [2.24, 2.45) is 5.92 Å². The summed E-state index contributed by atoms with van der Waals surface area (Å²) >= 11 is 8.04. The number of carbonyl (C=O) groups is 1. The number of ether oxygens (including phenoxy) is 3. The first-order valence-electron chi connectivity index (χ1n) is 11.7. The molecule has 3 rings (SSSR count). The maximum absolute atomic E-state index is 11.6. The molecule has 0 aliphatic heterocycles. The molecule has 0 saturated heterocycles. The second-order valence-electron chi connectivity index (χ2n) is 8.98. The number of thioether (sulfide) groups is 1. The molecule has 0 radical (unpaired) electrons. The second-order valence-corrected chi connectivity index (χ2v) is 10.2. The van der Waals surface area contributed by atoms with Crippen molar-refractivity contribution in [3.63, 3.8) is 0 Å². The Kier molecular flexibility index (Phi) is 9.79. The Bertz CT molecular complexity index is 1280. The van der Waals surface area contributed by atoms with Crippen LogP contribution < -0.4 is 9.47 Å². The molecule has 1 atom stereocenters. The minimum Gasteiger partial charge on any atom is -0.491 e. The van der Waals surface area contributed by atoms with Crippen LogP contribution in [0.5, 0.6) is 11.5 Å². The molecule has 2 aromatic carbocycles. The van der Waals surface area contributed by atoms with Gasteiger partial charge < -0.3 is 14.2 Å². The maximum atomic E-state index is 11.6. The molecular formula is C28H30ClN3O4S. The number of hydrogen-bond donors (Lipinski definition) is 0. The van der Waals surface area contributed by atoms with E-state index in [1.165, 1.54) is 18.9 Å². The van der Waals surface area contributed by atoms with Gasteiger partial charge in [0.15, 0.2) is 10.9 Å². The van der Waals surface area contributed by atoms with Gasteiger partial charge in [-0.1, -0.05) is 56.3 Å². The average molecular weight is 540 g/mol. The van der Waals surface area contributed by atoms with Gasteiger partial charge in [0.25, 0.3) is 0 Å². The first kappa shape index (κ1) is 28.3. The van der Waals surface area contributed by atoms with Gasteiger partial charge in [0, 0.05) is 11.6 Å². The van der Waals surface area contributed by atoms with Crippen molar-refractivity contribution in [1.29, 1.82) is 5.26 Å². The highest BCUT2D eigenvalue weighted by atomic mass is 35.5. The highest BCUT2D eigenvalue weighted by Crippen LogP contribution is 2.38. The van der Waals surface area contributed by atoms with Crippen LogP contribution in [0.15, 0.2) is 53.8 Å². The standard InChI is InChI=1S/C28H30ClN3O4S/c1-18(26(33)34-4)11-13-35-25-19(16-30)14-21(15-24(25)29)28(2,3)20-6-8-23(9-7-20)36-17-22-10-12-31-27(32-22)37-5/h6-10,12,14-15,18H,11,13,17H2,1-5H3. The minimum absolute atomic E-state index is 0.239. The Morgan fingerprint density at radius 2 is 1.89 bits per heavy atom. The quantitative estimate of drug-likeness (QED) is 0.161. The van der Waals surface area contributed by atoms with E-state index in [2.05, 4.69) is 29.9 Å². The zero-order chi connectivity index (χ0) is 27.0. The summed E-state index contributed by atoms with van der Waals surface area (Å²) in [5.41, 5.74) is 2.63. The third kappa shape index (κ3) is 7.15. The fourth-order valence-corrected chi connectivity index (χ4v) is 4.34. The van der Waals surface area contributed by atoms with Gasteiger partial charge in [-0.25, -0.2) is 9.97 Å². The van der Waals surface area contributed by atoms with Crippen molar-refractivity contribution in [1.82, 2.24) is 9.97 Å². The number of nitrogens with zero attached hydrogens (tertiary/aromatic N) is 3. The molecule has 7 nitrogen and oxygen atoms in total. The molecule has 0 amide bonds. The van der Waals surface area contributed by atoms with E-state index >= 15 is 0 Å². The van der Waals surface area contributed by atoms with Crippen molar-refractivity contribution in [2.45, 2.75) is 44.4 Å². The third-order valence-corrected chi connectivity index (χ3v) is 6.97. The lowest BCUT2D eigenvalue weighted by atomic mass is 9.77. The lowest BCUT2D eigenvalue weighted by Gasteiger charge is -2.27. The molecule has 0 N–H and O–H groups in total. The van der Waals surface area contributed by atoms with Crippen LogP contribution in [0.4, 0.5) is 0 Å². The predicted octanol–water partition coefficient (Wildman–Crippen LogP) is 6.21. The number of methoxy groups -OCH3 is 1. The van der Waals surface area contributed by atoms with Crippen LogP contribution in [-0.2, 0) is 21.6 Å². The summed E-state index contributed by atoms with van der Waals surface area (Å²) in [7, 11) is 1.35. The topological polar surface area (TPSA) is 94.3 Å². The monoisotopic (exact) mass is 539 g/mol. The highest BCUT2D eigenvalue weighted by Gasteiger charge is 2.26. The summed E-state index contributed by atoms with van der Waals surface area (Å²) < 4.78 is 16.4. The molecule has 0 spiro atoms. The first-order valence-corrected chi connectivity index (χ1v) is 13.3. The molecule has 0 saturated carbocycles. The summed E-state index contributed by atoms with van der Waals surface area (Å²) in [4.78, 5) is 20.2. The Morgan fingerprint density at radius 1 is 1.16 bits per heavy atom. The summed E-state index contributed by atoms with van der Waals surface area (Å²) in [6.07, 6.45) is 4.11. The molecule has 0 aliphatic rings. The zero-order valence-electron chi connectivity index (χ0n) is 21.6. The number of hydrogen-bond acceptors (Lipinski definition) is 8. The van der Waals surface area contributed by atoms with Gasteiger partial charge in [-0.05, 0) is 54.1 Å². The molecule has 1 heterocycles. The van der Waals surface area contributed by atoms with E-state index in [0.717, 1.165) is 22.6 Å². The Balaban J connectivity index is 1.72. The minimum atomic E-state index is -0.439. The van der Waals surface area contributed by atoms with E-state index in [4.69, 9.17) is 25.8 Å². The highest BCUT2D eigenvalue weighted by molar-refractivity contribution is 7.98. The van der Waals surface area contributed by atoms with Crippen LogP contribution in [0.2, 0.25) is 5.02 Å². The van der Waals surface area contributed by atoms with E-state index in [-0.39, 0.29) is 18.5 Å². The fraction of sp³-hybridized carbons (Fsp3) is 0.357. The Morgan fingerprint density at radius 3 is 2.54 bits per heavy atom. The molecule has 0 fully saturated rings. The molecule has 0 bridgehead atoms. The summed E-state index contributed by atoms with van der Waals surface area (Å²) in [6.45, 7) is 6.49. The van der Waals surface area contributed by atoms with Crippen LogP contribution >= 0.6 is 23.4 Å². The number of nitriles is 1. The number of benzene rings is 2. The number of rotatable bonds is 11. The van der Waals surface area contributed by atoms with Gasteiger partial charge in [0.05, 0.1) is 35.9 Å². The molecular weight excluding hydrogens is 510 g/mol. The molecule has 1 unspecified atom stereocenters. The molecule has 3 aromatic rings. The second kappa shape index (κ2) is 12.8. The van der Waals surface area contributed by atoms with E-state index in [1.807, 2.05) is 42.7 Å². The van der Waals surface area contributed by atoms with Gasteiger partial charge >= 0.3 is 5.97 Å². The molecule has 0 aliphatic carbocycles. The van der Waals surface area contributed by atoms with Gasteiger partial charge in [0.2, 0.25) is 0 Å². The predicted molar refractivity (Wildman–Crippen MR) is 144 cm³/mol. The zero-order valence-corrected chi connectivity index (χ0v) is 23.2. The van der Waals surface area contributed by atoms with Crippen LogP contribution in [-0.4, -0.2) is 35.9 Å². The van der Waals surface area contributed by atoms with E-state index in [1.54, 1.807) is 19.2 Å². The Labute approximate surface area is 227 Å². The lowest BCUT2D eigenvalue weighted by Crippen LogP contribution is -2.19. The smallest absolute Gasteiger partial charge is 0.308 e. The van der Waals surface area contributed by atoms with Crippen molar-refractivity contribution < 1.29 is 19.0 Å². The van der Waals surface area contributed by atoms with Crippen LogP contribution in [0.3, 0.4) is 0 Å². The van der Waals surface area contributed by atoms with Gasteiger partial charge in [-0.15, -0.1) is 0 Å². The molecule has 37 heavy (non-hydrogen) atoms. The normalized spacial score (nSPS) is 11.9. The maximum Gasteiger partial charge on any atom is 0.308 e. The van der Waals surface area contributed by atoms with Gasteiger partial charge in [-0.3, -0.25) is 4.79 Å². The molecule has 194 valence electrons. The van der Waals surface area contributed by atoms with Crippen molar-refractivity contribution in [2.75, 3.05) is 20.0 Å². The number of carbonyl (C=O) groups excluding carboxylic acids is 1. The first-order chi connectivity index (χ1) is 17.7. The summed E-state index contributed by atoms with van der Waals surface area (Å²) in [5.74, 6) is 0.430. The molecule has 1 aromatic heterocycles. The summed E-state index contributed by atoms with van der Waals surface area (Å²) in [6, 6.07) is 15.5. The average Bonchev–Trinajstić information content (AvgIpc) is 2.92. The van der Waals surface area contributed by atoms with Gasteiger partial charge in [-0.2, -0.15) is 5.26 Å². The van der Waals surface area contributed by atoms with E-state index in [9.17, 15) is 10.1 Å². The van der Waals surface area contributed by atoms with E-state index < -0.39 is 5.41 Å². The lowest BCUT2D eigenvalue weighted by molar-refractivity contribution is -0.145. The number of halogens is 1.